The summed E-state index contributed by atoms with van der Waals surface area (Å²) in [6.07, 6.45) is 5.48. The fraction of sp³-hybridized carbons (Fsp3) is 0.0625. The lowest BCUT2D eigenvalue weighted by Gasteiger charge is -2.10. The van der Waals surface area contributed by atoms with Gasteiger partial charge in [-0.1, -0.05) is 35.9 Å². The molecule has 0 aliphatic heterocycles. The molecule has 0 spiro atoms. The second-order valence-corrected chi connectivity index (χ2v) is 4.87. The Bertz CT molecular complexity index is 692. The largest absolute Gasteiger partial charge is 0.381 e. The zero-order valence-corrected chi connectivity index (χ0v) is 11.6. The third-order valence-electron chi connectivity index (χ3n) is 3.09. The highest BCUT2D eigenvalue weighted by Crippen LogP contribution is 2.18. The molecule has 0 amide bonds. The van der Waals surface area contributed by atoms with Crippen molar-refractivity contribution in [2.45, 2.75) is 6.54 Å². The summed E-state index contributed by atoms with van der Waals surface area (Å²) in [7, 11) is 0. The van der Waals surface area contributed by atoms with Gasteiger partial charge in [0.1, 0.15) is 0 Å². The van der Waals surface area contributed by atoms with E-state index in [0.717, 1.165) is 22.0 Å². The van der Waals surface area contributed by atoms with Crippen molar-refractivity contribution in [2.24, 2.45) is 0 Å². The topological polar surface area (TPSA) is 29.9 Å². The summed E-state index contributed by atoms with van der Waals surface area (Å²) in [5.74, 6) is 0. The van der Waals surface area contributed by atoms with Crippen LogP contribution >= 0.6 is 11.6 Å². The van der Waals surface area contributed by atoms with Crippen molar-refractivity contribution in [1.29, 1.82) is 0 Å². The smallest absolute Gasteiger partial charge is 0.0991 e. The number of rotatable bonds is 4. The Morgan fingerprint density at radius 3 is 2.80 bits per heavy atom. The number of anilines is 1. The van der Waals surface area contributed by atoms with Gasteiger partial charge in [-0.2, -0.15) is 0 Å². The van der Waals surface area contributed by atoms with Crippen LogP contribution in [0.2, 0.25) is 5.02 Å². The Balaban J connectivity index is 1.75. The molecule has 0 radical (unpaired) electrons. The summed E-state index contributed by atoms with van der Waals surface area (Å²) < 4.78 is 1.97. The SMILES string of the molecule is Clc1ccccc1CNc1cccc(-n2ccnc2)c1. The van der Waals surface area contributed by atoms with Crippen LogP contribution in [0.5, 0.6) is 0 Å². The van der Waals surface area contributed by atoms with Gasteiger partial charge in [0.15, 0.2) is 0 Å². The van der Waals surface area contributed by atoms with Gasteiger partial charge in [0.25, 0.3) is 0 Å². The molecule has 0 saturated heterocycles. The normalized spacial score (nSPS) is 10.4. The van der Waals surface area contributed by atoms with E-state index in [2.05, 4.69) is 16.4 Å². The number of imidazole rings is 1. The van der Waals surface area contributed by atoms with Gasteiger partial charge in [0, 0.05) is 35.3 Å². The predicted molar refractivity (Wildman–Crippen MR) is 82.3 cm³/mol. The van der Waals surface area contributed by atoms with Crippen molar-refractivity contribution < 1.29 is 0 Å². The van der Waals surface area contributed by atoms with Gasteiger partial charge in [0.2, 0.25) is 0 Å². The van der Waals surface area contributed by atoms with Crippen LogP contribution in [0.15, 0.2) is 67.3 Å². The highest BCUT2D eigenvalue weighted by molar-refractivity contribution is 6.31. The molecule has 100 valence electrons. The molecule has 20 heavy (non-hydrogen) atoms. The lowest BCUT2D eigenvalue weighted by Crippen LogP contribution is -2.00. The van der Waals surface area contributed by atoms with Gasteiger partial charge in [-0.15, -0.1) is 0 Å². The highest BCUT2D eigenvalue weighted by atomic mass is 35.5. The van der Waals surface area contributed by atoms with Crippen LogP contribution in [0, 0.1) is 0 Å². The summed E-state index contributed by atoms with van der Waals surface area (Å²) in [4.78, 5) is 4.06. The highest BCUT2D eigenvalue weighted by Gasteiger charge is 2.00. The van der Waals surface area contributed by atoms with E-state index in [1.165, 1.54) is 0 Å². The Labute approximate surface area is 122 Å². The maximum atomic E-state index is 6.15. The molecule has 1 N–H and O–H groups in total. The molecular formula is C16H14ClN3. The lowest BCUT2D eigenvalue weighted by molar-refractivity contribution is 1.05. The second kappa shape index (κ2) is 5.80. The third-order valence-corrected chi connectivity index (χ3v) is 3.46. The van der Waals surface area contributed by atoms with Gasteiger partial charge in [0.05, 0.1) is 6.33 Å². The number of benzene rings is 2. The Morgan fingerprint density at radius 1 is 1.10 bits per heavy atom. The average Bonchev–Trinajstić information content (AvgIpc) is 3.01. The van der Waals surface area contributed by atoms with Crippen LogP contribution in [-0.4, -0.2) is 9.55 Å². The van der Waals surface area contributed by atoms with Crippen molar-refractivity contribution >= 4 is 17.3 Å². The summed E-state index contributed by atoms with van der Waals surface area (Å²) in [5, 5.41) is 4.17. The predicted octanol–water partition coefficient (Wildman–Crippen LogP) is 4.14. The third kappa shape index (κ3) is 2.83. The molecule has 1 heterocycles. The van der Waals surface area contributed by atoms with E-state index < -0.39 is 0 Å². The average molecular weight is 284 g/mol. The first-order valence-electron chi connectivity index (χ1n) is 6.38. The van der Waals surface area contributed by atoms with Crippen LogP contribution in [0.4, 0.5) is 5.69 Å². The standard InChI is InChI=1S/C16H14ClN3/c17-16-7-2-1-4-13(16)11-19-14-5-3-6-15(10-14)20-9-8-18-12-20/h1-10,12,19H,11H2. The Morgan fingerprint density at radius 2 is 2.00 bits per heavy atom. The first-order valence-corrected chi connectivity index (χ1v) is 6.76. The van der Waals surface area contributed by atoms with E-state index in [1.807, 2.05) is 53.2 Å². The molecule has 3 nitrogen and oxygen atoms in total. The van der Waals surface area contributed by atoms with E-state index in [9.17, 15) is 0 Å². The fourth-order valence-corrected chi connectivity index (χ4v) is 2.23. The number of hydrogen-bond acceptors (Lipinski definition) is 2. The summed E-state index contributed by atoms with van der Waals surface area (Å²) in [6, 6.07) is 16.0. The Kier molecular flexibility index (Phi) is 3.70. The van der Waals surface area contributed by atoms with Gasteiger partial charge in [-0.05, 0) is 29.8 Å². The summed E-state index contributed by atoms with van der Waals surface area (Å²) in [6.45, 7) is 0.701. The second-order valence-electron chi connectivity index (χ2n) is 4.47. The number of hydrogen-bond donors (Lipinski definition) is 1. The minimum Gasteiger partial charge on any atom is -0.381 e. The van der Waals surface area contributed by atoms with Crippen molar-refractivity contribution in [3.8, 4) is 5.69 Å². The number of halogens is 1. The molecule has 0 aliphatic carbocycles. The molecular weight excluding hydrogens is 270 g/mol. The maximum absolute atomic E-state index is 6.15. The van der Waals surface area contributed by atoms with Crippen LogP contribution in [0.25, 0.3) is 5.69 Å². The van der Waals surface area contributed by atoms with Crippen LogP contribution in [-0.2, 0) is 6.54 Å². The molecule has 0 bridgehead atoms. The van der Waals surface area contributed by atoms with Gasteiger partial charge >= 0.3 is 0 Å². The quantitative estimate of drug-likeness (QED) is 0.780. The van der Waals surface area contributed by atoms with Gasteiger partial charge in [-0.3, -0.25) is 0 Å². The zero-order chi connectivity index (χ0) is 13.8. The maximum Gasteiger partial charge on any atom is 0.0991 e. The van der Waals surface area contributed by atoms with Gasteiger partial charge < -0.3 is 9.88 Å². The van der Waals surface area contributed by atoms with Crippen molar-refractivity contribution in [2.75, 3.05) is 5.32 Å². The molecule has 0 fully saturated rings. The monoisotopic (exact) mass is 283 g/mol. The van der Waals surface area contributed by atoms with Gasteiger partial charge in [-0.25, -0.2) is 4.98 Å². The molecule has 3 rings (SSSR count). The molecule has 0 atom stereocenters. The summed E-state index contributed by atoms with van der Waals surface area (Å²) in [5.41, 5.74) is 3.21. The van der Waals surface area contributed by atoms with Crippen LogP contribution in [0.1, 0.15) is 5.56 Å². The van der Waals surface area contributed by atoms with Crippen molar-refractivity contribution in [3.63, 3.8) is 0 Å². The summed E-state index contributed by atoms with van der Waals surface area (Å²) >= 11 is 6.15. The molecule has 0 aliphatic rings. The molecule has 3 aromatic rings. The van der Waals surface area contributed by atoms with Crippen molar-refractivity contribution in [1.82, 2.24) is 9.55 Å². The number of nitrogens with zero attached hydrogens (tertiary/aromatic N) is 2. The zero-order valence-electron chi connectivity index (χ0n) is 10.8. The van der Waals surface area contributed by atoms with E-state index in [0.29, 0.717) is 6.54 Å². The molecule has 2 aromatic carbocycles. The minimum atomic E-state index is 0.701. The van der Waals surface area contributed by atoms with E-state index in [4.69, 9.17) is 11.6 Å². The lowest BCUT2D eigenvalue weighted by atomic mass is 10.2. The van der Waals surface area contributed by atoms with Crippen LogP contribution < -0.4 is 5.32 Å². The first-order chi connectivity index (χ1) is 9.83. The van der Waals surface area contributed by atoms with E-state index in [-0.39, 0.29) is 0 Å². The van der Waals surface area contributed by atoms with Crippen LogP contribution in [0.3, 0.4) is 0 Å². The minimum absolute atomic E-state index is 0.701. The molecule has 1 aromatic heterocycles. The van der Waals surface area contributed by atoms with Crippen molar-refractivity contribution in [3.05, 3.63) is 77.8 Å². The number of aromatic nitrogens is 2. The molecule has 0 unspecified atom stereocenters. The van der Waals surface area contributed by atoms with E-state index >= 15 is 0 Å². The molecule has 4 heteroatoms. The van der Waals surface area contributed by atoms with E-state index in [1.54, 1.807) is 12.5 Å². The number of nitrogens with one attached hydrogen (secondary N) is 1. The Hall–Kier alpha value is -2.26. The molecule has 0 saturated carbocycles. The fourth-order valence-electron chi connectivity index (χ4n) is 2.03. The first kappa shape index (κ1) is 12.8.